The van der Waals surface area contributed by atoms with Crippen molar-refractivity contribution in [3.63, 3.8) is 0 Å². The second kappa shape index (κ2) is 8.63. The molecule has 1 rings (SSSR count). The number of rotatable bonds is 9. The Morgan fingerprint density at radius 2 is 2.25 bits per heavy atom. The molecule has 0 radical (unpaired) electrons. The minimum atomic E-state index is 0.123. The largest absolute Gasteiger partial charge is 0.368 e. The van der Waals surface area contributed by atoms with Crippen LogP contribution >= 0.6 is 11.8 Å². The van der Waals surface area contributed by atoms with Gasteiger partial charge in [0.1, 0.15) is 0 Å². The maximum absolute atomic E-state index is 12.1. The van der Waals surface area contributed by atoms with E-state index >= 15 is 0 Å². The Morgan fingerprint density at radius 3 is 2.85 bits per heavy atom. The van der Waals surface area contributed by atoms with Crippen LogP contribution in [0, 0.1) is 0 Å². The van der Waals surface area contributed by atoms with E-state index in [4.69, 9.17) is 5.73 Å². The number of aromatic nitrogens is 3. The van der Waals surface area contributed by atoms with Gasteiger partial charge < -0.3 is 10.6 Å². The molecule has 0 spiro atoms. The van der Waals surface area contributed by atoms with Crippen molar-refractivity contribution >= 4 is 23.6 Å². The van der Waals surface area contributed by atoms with Crippen LogP contribution in [-0.2, 0) is 11.3 Å². The first kappa shape index (κ1) is 16.6. The number of unbranched alkanes of at least 4 members (excludes halogenated alkanes) is 1. The number of amides is 1. The zero-order valence-electron chi connectivity index (χ0n) is 12.2. The third-order valence-electron chi connectivity index (χ3n) is 2.90. The van der Waals surface area contributed by atoms with E-state index in [-0.39, 0.29) is 5.91 Å². The fourth-order valence-corrected chi connectivity index (χ4v) is 2.59. The molecule has 20 heavy (non-hydrogen) atoms. The molecule has 0 aliphatic heterocycles. The van der Waals surface area contributed by atoms with Crippen LogP contribution in [0.1, 0.15) is 26.7 Å². The Kier molecular flexibility index (Phi) is 7.14. The lowest BCUT2D eigenvalue weighted by molar-refractivity contribution is -0.128. The average molecular weight is 297 g/mol. The second-order valence-corrected chi connectivity index (χ2v) is 5.30. The van der Waals surface area contributed by atoms with Crippen molar-refractivity contribution in [3.05, 3.63) is 12.7 Å². The Bertz CT molecular complexity index is 446. The summed E-state index contributed by atoms with van der Waals surface area (Å²) < 4.78 is 1.74. The molecule has 0 aliphatic carbocycles. The van der Waals surface area contributed by atoms with Gasteiger partial charge in [-0.15, -0.1) is 16.8 Å². The van der Waals surface area contributed by atoms with E-state index in [9.17, 15) is 4.79 Å². The van der Waals surface area contributed by atoms with Crippen LogP contribution in [0.15, 0.2) is 17.8 Å². The Hall–Kier alpha value is -1.50. The van der Waals surface area contributed by atoms with Gasteiger partial charge in [0, 0.05) is 19.6 Å². The lowest BCUT2D eigenvalue weighted by atomic mass is 10.3. The van der Waals surface area contributed by atoms with E-state index in [0.29, 0.717) is 23.4 Å². The predicted molar refractivity (Wildman–Crippen MR) is 82.5 cm³/mol. The number of carbonyl (C=O) groups excluding carboxylic acids is 1. The molecule has 0 fully saturated rings. The van der Waals surface area contributed by atoms with Gasteiger partial charge in [-0.3, -0.25) is 9.36 Å². The summed E-state index contributed by atoms with van der Waals surface area (Å²) in [4.78, 5) is 14.0. The topological polar surface area (TPSA) is 77.0 Å². The summed E-state index contributed by atoms with van der Waals surface area (Å²) in [7, 11) is 0. The van der Waals surface area contributed by atoms with Crippen molar-refractivity contribution in [3.8, 4) is 0 Å². The van der Waals surface area contributed by atoms with Crippen LogP contribution in [-0.4, -0.2) is 44.4 Å². The normalized spacial score (nSPS) is 10.5. The van der Waals surface area contributed by atoms with Gasteiger partial charge in [-0.25, -0.2) is 0 Å². The molecule has 0 saturated carbocycles. The number of allylic oxidation sites excluding steroid dienone is 1. The van der Waals surface area contributed by atoms with E-state index < -0.39 is 0 Å². The lowest BCUT2D eigenvalue weighted by Crippen LogP contribution is -2.33. The van der Waals surface area contributed by atoms with Crippen molar-refractivity contribution in [1.29, 1.82) is 0 Å². The molecule has 0 aliphatic rings. The molecule has 0 atom stereocenters. The second-order valence-electron chi connectivity index (χ2n) is 4.36. The molecule has 0 bridgehead atoms. The number of carbonyl (C=O) groups is 1. The number of hydrogen-bond donors (Lipinski definition) is 1. The van der Waals surface area contributed by atoms with Gasteiger partial charge in [-0.05, 0) is 13.3 Å². The minimum absolute atomic E-state index is 0.123. The fourth-order valence-electron chi connectivity index (χ4n) is 1.73. The molecule has 7 heteroatoms. The zero-order chi connectivity index (χ0) is 15.0. The monoisotopic (exact) mass is 297 g/mol. The number of anilines is 1. The first-order valence-corrected chi connectivity index (χ1v) is 7.82. The molecule has 0 aromatic carbocycles. The Morgan fingerprint density at radius 1 is 1.50 bits per heavy atom. The number of thioether (sulfide) groups is 1. The lowest BCUT2D eigenvalue weighted by Gasteiger charge is -2.20. The highest BCUT2D eigenvalue weighted by Gasteiger charge is 2.15. The van der Waals surface area contributed by atoms with Crippen molar-refractivity contribution in [1.82, 2.24) is 19.7 Å². The van der Waals surface area contributed by atoms with Crippen LogP contribution in [0.4, 0.5) is 5.95 Å². The maximum Gasteiger partial charge on any atom is 0.233 e. The summed E-state index contributed by atoms with van der Waals surface area (Å²) in [5.41, 5.74) is 5.72. The molecule has 1 heterocycles. The summed E-state index contributed by atoms with van der Waals surface area (Å²) >= 11 is 1.36. The van der Waals surface area contributed by atoms with Crippen LogP contribution in [0.5, 0.6) is 0 Å². The summed E-state index contributed by atoms with van der Waals surface area (Å²) in [5, 5.41) is 8.47. The molecule has 1 amide bonds. The number of hydrogen-bond acceptors (Lipinski definition) is 5. The van der Waals surface area contributed by atoms with Crippen molar-refractivity contribution in [2.45, 2.75) is 38.4 Å². The minimum Gasteiger partial charge on any atom is -0.368 e. The third kappa shape index (κ3) is 4.56. The van der Waals surface area contributed by atoms with Gasteiger partial charge >= 0.3 is 0 Å². The first-order chi connectivity index (χ1) is 9.63. The van der Waals surface area contributed by atoms with Gasteiger partial charge in [-0.1, -0.05) is 31.2 Å². The Labute approximate surface area is 124 Å². The highest BCUT2D eigenvalue weighted by Crippen LogP contribution is 2.18. The molecular weight excluding hydrogens is 274 g/mol. The third-order valence-corrected chi connectivity index (χ3v) is 3.85. The molecule has 6 nitrogen and oxygen atoms in total. The smallest absolute Gasteiger partial charge is 0.233 e. The van der Waals surface area contributed by atoms with Gasteiger partial charge in [0.25, 0.3) is 0 Å². The first-order valence-electron chi connectivity index (χ1n) is 6.84. The molecule has 112 valence electrons. The molecule has 2 N–H and O–H groups in total. The Balaban J connectivity index is 2.57. The maximum atomic E-state index is 12.1. The number of nitrogens with two attached hydrogens (primary N) is 1. The molecule has 1 aromatic heterocycles. The van der Waals surface area contributed by atoms with Gasteiger partial charge in [0.2, 0.25) is 11.9 Å². The molecule has 0 unspecified atom stereocenters. The fraction of sp³-hybridized carbons (Fsp3) is 0.615. The predicted octanol–water partition coefficient (Wildman–Crippen LogP) is 1.79. The average Bonchev–Trinajstić information content (AvgIpc) is 2.79. The summed E-state index contributed by atoms with van der Waals surface area (Å²) in [5.74, 6) is 0.822. The molecule has 0 saturated heterocycles. The van der Waals surface area contributed by atoms with Crippen LogP contribution in [0.25, 0.3) is 0 Å². The summed E-state index contributed by atoms with van der Waals surface area (Å²) in [6, 6.07) is 0. The van der Waals surface area contributed by atoms with E-state index in [1.165, 1.54) is 11.8 Å². The van der Waals surface area contributed by atoms with Gasteiger partial charge in [-0.2, -0.15) is 0 Å². The summed E-state index contributed by atoms with van der Waals surface area (Å²) in [6.45, 7) is 9.88. The van der Waals surface area contributed by atoms with E-state index in [0.717, 1.165) is 25.9 Å². The van der Waals surface area contributed by atoms with Crippen LogP contribution < -0.4 is 5.73 Å². The van der Waals surface area contributed by atoms with Crippen molar-refractivity contribution < 1.29 is 4.79 Å². The van der Waals surface area contributed by atoms with Crippen LogP contribution in [0.3, 0.4) is 0 Å². The highest BCUT2D eigenvalue weighted by atomic mass is 32.2. The molecule has 1 aromatic rings. The molecular formula is C13H23N5OS. The number of nitrogens with zero attached hydrogens (tertiary/aromatic N) is 4. The van der Waals surface area contributed by atoms with Crippen LogP contribution in [0.2, 0.25) is 0 Å². The van der Waals surface area contributed by atoms with E-state index in [1.54, 1.807) is 10.6 Å². The number of nitrogen functional groups attached to an aromatic ring is 1. The van der Waals surface area contributed by atoms with Crippen molar-refractivity contribution in [2.24, 2.45) is 0 Å². The quantitative estimate of drug-likeness (QED) is 0.555. The summed E-state index contributed by atoms with van der Waals surface area (Å²) in [6.07, 6.45) is 3.84. The zero-order valence-corrected chi connectivity index (χ0v) is 13.0. The highest BCUT2D eigenvalue weighted by molar-refractivity contribution is 7.99. The van der Waals surface area contributed by atoms with Crippen molar-refractivity contribution in [2.75, 3.05) is 24.6 Å². The standard InChI is InChI=1S/C13H23N5OS/c1-4-7-9-17(6-3)11(19)10-20-13-16-15-12(14)18(13)8-5-2/h5H,2,4,6-10H2,1,3H3,(H2,14,15). The van der Waals surface area contributed by atoms with E-state index in [1.807, 2.05) is 11.8 Å². The SMILES string of the molecule is C=CCn1c(N)nnc1SCC(=O)N(CC)CCCC. The van der Waals surface area contributed by atoms with Gasteiger partial charge in [0.15, 0.2) is 5.16 Å². The van der Waals surface area contributed by atoms with Gasteiger partial charge in [0.05, 0.1) is 5.75 Å². The van der Waals surface area contributed by atoms with E-state index in [2.05, 4.69) is 23.7 Å².